The molecule has 30 heavy (non-hydrogen) atoms. The minimum atomic E-state index is -0.424. The Morgan fingerprint density at radius 3 is 2.27 bits per heavy atom. The average molecular weight is 404 g/mol. The zero-order chi connectivity index (χ0) is 21.7. The van der Waals surface area contributed by atoms with Gasteiger partial charge in [-0.15, -0.1) is 0 Å². The highest BCUT2D eigenvalue weighted by molar-refractivity contribution is 6.07. The van der Waals surface area contributed by atoms with E-state index in [9.17, 15) is 14.4 Å². The van der Waals surface area contributed by atoms with Gasteiger partial charge in [0.2, 0.25) is 17.6 Å². The van der Waals surface area contributed by atoms with E-state index in [1.54, 1.807) is 48.3 Å². The third-order valence-corrected chi connectivity index (χ3v) is 4.70. The summed E-state index contributed by atoms with van der Waals surface area (Å²) in [6.45, 7) is 3.41. The lowest BCUT2D eigenvalue weighted by molar-refractivity contribution is -0.120. The number of nitrogens with zero attached hydrogens (tertiary/aromatic N) is 2. The molecule has 7 nitrogen and oxygen atoms in total. The Kier molecular flexibility index (Phi) is 6.41. The molecule has 0 aliphatic rings. The van der Waals surface area contributed by atoms with Gasteiger partial charge in [-0.1, -0.05) is 29.8 Å². The average Bonchev–Trinajstić information content (AvgIpc) is 3.13. The second-order valence-electron chi connectivity index (χ2n) is 7.18. The van der Waals surface area contributed by atoms with Gasteiger partial charge in [-0.2, -0.15) is 0 Å². The lowest BCUT2D eigenvalue weighted by Gasteiger charge is -2.18. The van der Waals surface area contributed by atoms with Crippen molar-refractivity contribution in [2.45, 2.75) is 26.3 Å². The topological polar surface area (TPSA) is 93.1 Å². The number of carbonyl (C=O) groups excluding carboxylic acids is 3. The summed E-state index contributed by atoms with van der Waals surface area (Å²) in [4.78, 5) is 40.7. The molecular weight excluding hydrogens is 380 g/mol. The van der Waals surface area contributed by atoms with Crippen molar-refractivity contribution in [3.63, 3.8) is 0 Å². The van der Waals surface area contributed by atoms with E-state index in [0.717, 1.165) is 11.1 Å². The van der Waals surface area contributed by atoms with Gasteiger partial charge in [0.25, 0.3) is 0 Å². The van der Waals surface area contributed by atoms with E-state index in [-0.39, 0.29) is 24.0 Å². The third-order valence-electron chi connectivity index (χ3n) is 4.70. The SMILES string of the molecule is CC(=O)NC(CC(=O)Nc1ccc(C(=O)c2nccn2C)cc1)c1ccc(C)cc1. The van der Waals surface area contributed by atoms with Crippen LogP contribution in [-0.4, -0.2) is 27.1 Å². The van der Waals surface area contributed by atoms with Crippen LogP contribution in [0.25, 0.3) is 0 Å². The number of aryl methyl sites for hydroxylation is 2. The van der Waals surface area contributed by atoms with Crippen LogP contribution in [0.2, 0.25) is 0 Å². The molecule has 1 atom stereocenters. The molecule has 154 valence electrons. The summed E-state index contributed by atoms with van der Waals surface area (Å²) in [6.07, 6.45) is 3.37. The molecular formula is C23H24N4O3. The number of hydrogen-bond donors (Lipinski definition) is 2. The Balaban J connectivity index is 1.67. The van der Waals surface area contributed by atoms with Gasteiger partial charge >= 0.3 is 0 Å². The monoisotopic (exact) mass is 404 g/mol. The van der Waals surface area contributed by atoms with Crippen molar-refractivity contribution >= 4 is 23.3 Å². The molecule has 3 aromatic rings. The molecule has 2 N–H and O–H groups in total. The fraction of sp³-hybridized carbons (Fsp3) is 0.217. The van der Waals surface area contributed by atoms with E-state index in [1.807, 2.05) is 31.2 Å². The Morgan fingerprint density at radius 2 is 1.70 bits per heavy atom. The fourth-order valence-electron chi connectivity index (χ4n) is 3.11. The number of amides is 2. The van der Waals surface area contributed by atoms with Crippen LogP contribution in [0.1, 0.15) is 46.7 Å². The van der Waals surface area contributed by atoms with Crippen LogP contribution in [0.15, 0.2) is 60.9 Å². The van der Waals surface area contributed by atoms with E-state index >= 15 is 0 Å². The molecule has 0 radical (unpaired) electrons. The van der Waals surface area contributed by atoms with Crippen LogP contribution in [0, 0.1) is 6.92 Å². The number of aromatic nitrogens is 2. The minimum absolute atomic E-state index is 0.0938. The summed E-state index contributed by atoms with van der Waals surface area (Å²) in [5.41, 5.74) is 3.02. The third kappa shape index (κ3) is 5.20. The van der Waals surface area contributed by atoms with Crippen LogP contribution in [0.3, 0.4) is 0 Å². The summed E-state index contributed by atoms with van der Waals surface area (Å²) < 4.78 is 1.66. The first kappa shape index (κ1) is 21.0. The predicted molar refractivity (Wildman–Crippen MR) is 114 cm³/mol. The Hall–Kier alpha value is -3.74. The van der Waals surface area contributed by atoms with Gasteiger partial charge in [0.05, 0.1) is 12.5 Å². The highest BCUT2D eigenvalue weighted by atomic mass is 16.2. The molecule has 1 heterocycles. The number of ketones is 1. The predicted octanol–water partition coefficient (Wildman–Crippen LogP) is 3.17. The number of carbonyl (C=O) groups is 3. The van der Waals surface area contributed by atoms with Crippen molar-refractivity contribution < 1.29 is 14.4 Å². The van der Waals surface area contributed by atoms with E-state index < -0.39 is 6.04 Å². The first-order valence-corrected chi connectivity index (χ1v) is 9.59. The van der Waals surface area contributed by atoms with E-state index in [4.69, 9.17) is 0 Å². The van der Waals surface area contributed by atoms with E-state index in [2.05, 4.69) is 15.6 Å². The first-order chi connectivity index (χ1) is 14.3. The fourth-order valence-corrected chi connectivity index (χ4v) is 3.11. The van der Waals surface area contributed by atoms with Crippen molar-refractivity contribution in [3.8, 4) is 0 Å². The second kappa shape index (κ2) is 9.17. The Morgan fingerprint density at radius 1 is 1.03 bits per heavy atom. The molecule has 7 heteroatoms. The summed E-state index contributed by atoms with van der Waals surface area (Å²) in [7, 11) is 1.76. The summed E-state index contributed by atoms with van der Waals surface area (Å²) >= 11 is 0. The minimum Gasteiger partial charge on any atom is -0.349 e. The van der Waals surface area contributed by atoms with Crippen LogP contribution in [-0.2, 0) is 16.6 Å². The van der Waals surface area contributed by atoms with Crippen molar-refractivity contribution in [2.75, 3.05) is 5.32 Å². The second-order valence-corrected chi connectivity index (χ2v) is 7.18. The number of benzene rings is 2. The molecule has 0 saturated carbocycles. The lowest BCUT2D eigenvalue weighted by Crippen LogP contribution is -2.29. The van der Waals surface area contributed by atoms with Gasteiger partial charge in [0, 0.05) is 37.6 Å². The highest BCUT2D eigenvalue weighted by Crippen LogP contribution is 2.19. The van der Waals surface area contributed by atoms with Crippen LogP contribution in [0.4, 0.5) is 5.69 Å². The van der Waals surface area contributed by atoms with E-state index in [0.29, 0.717) is 17.1 Å². The first-order valence-electron chi connectivity index (χ1n) is 9.59. The standard InChI is InChI=1S/C23H24N4O3/c1-15-4-6-17(7-5-15)20(25-16(2)28)14-21(29)26-19-10-8-18(9-11-19)22(30)23-24-12-13-27(23)3/h4-13,20H,14H2,1-3H3,(H,25,28)(H,26,29). The lowest BCUT2D eigenvalue weighted by atomic mass is 10.0. The maximum atomic E-state index is 12.6. The van der Waals surface area contributed by atoms with Crippen molar-refractivity contribution in [1.29, 1.82) is 0 Å². The summed E-state index contributed by atoms with van der Waals surface area (Å²) in [5.74, 6) is -0.281. The molecule has 0 aliphatic carbocycles. The zero-order valence-corrected chi connectivity index (χ0v) is 17.2. The van der Waals surface area contributed by atoms with Crippen molar-refractivity contribution in [2.24, 2.45) is 7.05 Å². The molecule has 1 aromatic heterocycles. The zero-order valence-electron chi connectivity index (χ0n) is 17.2. The summed E-state index contributed by atoms with van der Waals surface area (Å²) in [6, 6.07) is 13.9. The molecule has 0 saturated heterocycles. The molecule has 2 amide bonds. The van der Waals surface area contributed by atoms with Gasteiger partial charge < -0.3 is 15.2 Å². The number of rotatable bonds is 7. The summed E-state index contributed by atoms with van der Waals surface area (Å²) in [5, 5.41) is 5.64. The maximum absolute atomic E-state index is 12.6. The molecule has 0 bridgehead atoms. The van der Waals surface area contributed by atoms with Crippen molar-refractivity contribution in [1.82, 2.24) is 14.9 Å². The number of nitrogens with one attached hydrogen (secondary N) is 2. The van der Waals surface area contributed by atoms with Crippen LogP contribution < -0.4 is 10.6 Å². The smallest absolute Gasteiger partial charge is 0.228 e. The molecule has 0 spiro atoms. The molecule has 0 fully saturated rings. The number of imidazole rings is 1. The van der Waals surface area contributed by atoms with Crippen LogP contribution in [0.5, 0.6) is 0 Å². The molecule has 0 aliphatic heterocycles. The molecule has 3 rings (SSSR count). The normalized spacial score (nSPS) is 11.6. The van der Waals surface area contributed by atoms with Gasteiger partial charge in [-0.3, -0.25) is 14.4 Å². The van der Waals surface area contributed by atoms with Gasteiger partial charge in [0.1, 0.15) is 0 Å². The quantitative estimate of drug-likeness (QED) is 0.592. The van der Waals surface area contributed by atoms with Gasteiger partial charge in [0.15, 0.2) is 5.82 Å². The van der Waals surface area contributed by atoms with Crippen LogP contribution >= 0.6 is 0 Å². The van der Waals surface area contributed by atoms with Crippen molar-refractivity contribution in [3.05, 3.63) is 83.4 Å². The largest absolute Gasteiger partial charge is 0.349 e. The number of anilines is 1. The highest BCUT2D eigenvalue weighted by Gasteiger charge is 2.18. The van der Waals surface area contributed by atoms with Gasteiger partial charge in [-0.25, -0.2) is 4.98 Å². The number of hydrogen-bond acceptors (Lipinski definition) is 4. The van der Waals surface area contributed by atoms with E-state index in [1.165, 1.54) is 6.92 Å². The maximum Gasteiger partial charge on any atom is 0.228 e. The molecule has 2 aromatic carbocycles. The van der Waals surface area contributed by atoms with Gasteiger partial charge in [-0.05, 0) is 36.8 Å². The molecule has 1 unspecified atom stereocenters. The Labute approximate surface area is 175 Å². The Bertz CT molecular complexity index is 1050.